The van der Waals surface area contributed by atoms with E-state index in [4.69, 9.17) is 4.74 Å². The zero-order valence-electron chi connectivity index (χ0n) is 13.1. The third-order valence-electron chi connectivity index (χ3n) is 5.65. The molecular formula is C16H30N2O2. The quantitative estimate of drug-likeness (QED) is 0.832. The van der Waals surface area contributed by atoms with Crippen LogP contribution in [0.1, 0.15) is 46.0 Å². The molecule has 1 N–H and O–H groups in total. The summed E-state index contributed by atoms with van der Waals surface area (Å²) in [6.07, 6.45) is 5.31. The third-order valence-corrected chi connectivity index (χ3v) is 5.65. The molecule has 0 aromatic heterocycles. The van der Waals surface area contributed by atoms with Crippen LogP contribution in [-0.2, 0) is 4.74 Å². The van der Waals surface area contributed by atoms with Crippen molar-refractivity contribution in [2.45, 2.75) is 69.7 Å². The fraction of sp³-hybridized carbons (Fsp3) is 1.00. The highest BCUT2D eigenvalue weighted by atomic mass is 16.5. The molecule has 0 saturated carbocycles. The van der Waals surface area contributed by atoms with E-state index in [1.807, 2.05) is 0 Å². The van der Waals surface area contributed by atoms with Gasteiger partial charge in [-0.05, 0) is 59.0 Å². The first kappa shape index (κ1) is 14.8. The molecule has 0 aromatic carbocycles. The maximum Gasteiger partial charge on any atom is 0.107 e. The summed E-state index contributed by atoms with van der Waals surface area (Å²) in [7, 11) is 0. The first-order chi connectivity index (χ1) is 9.61. The number of nitrogens with zero attached hydrogens (tertiary/aromatic N) is 2. The molecule has 0 radical (unpaired) electrons. The zero-order valence-corrected chi connectivity index (χ0v) is 13.1. The summed E-state index contributed by atoms with van der Waals surface area (Å²) >= 11 is 0. The number of ether oxygens (including phenoxy) is 1. The number of piperidine rings is 2. The second-order valence-corrected chi connectivity index (χ2v) is 7.15. The van der Waals surface area contributed by atoms with Gasteiger partial charge < -0.3 is 14.7 Å². The van der Waals surface area contributed by atoms with Gasteiger partial charge in [0, 0.05) is 31.8 Å². The maximum absolute atomic E-state index is 10.3. The van der Waals surface area contributed by atoms with Gasteiger partial charge in [0.1, 0.15) is 5.60 Å². The van der Waals surface area contributed by atoms with Gasteiger partial charge in [-0.15, -0.1) is 0 Å². The van der Waals surface area contributed by atoms with Crippen molar-refractivity contribution >= 4 is 0 Å². The Balaban J connectivity index is 1.58. The minimum atomic E-state index is -0.253. The van der Waals surface area contributed by atoms with Gasteiger partial charge in [0.25, 0.3) is 0 Å². The van der Waals surface area contributed by atoms with E-state index in [2.05, 4.69) is 23.6 Å². The SMILES string of the molecule is CC(C)N1CCC(N2CC[C@H](O)[C@]3(CCCO3)C2)CC1. The molecule has 4 nitrogen and oxygen atoms in total. The summed E-state index contributed by atoms with van der Waals surface area (Å²) in [6.45, 7) is 9.83. The molecule has 3 heterocycles. The Morgan fingerprint density at radius 2 is 1.90 bits per heavy atom. The molecule has 20 heavy (non-hydrogen) atoms. The molecule has 1 spiro atoms. The number of aliphatic hydroxyl groups excluding tert-OH is 1. The molecule has 0 bridgehead atoms. The molecule has 3 saturated heterocycles. The average molecular weight is 282 g/mol. The van der Waals surface area contributed by atoms with Crippen molar-refractivity contribution in [2.24, 2.45) is 0 Å². The summed E-state index contributed by atoms with van der Waals surface area (Å²) in [5.74, 6) is 0. The normalized spacial score (nSPS) is 38.1. The van der Waals surface area contributed by atoms with Gasteiger partial charge >= 0.3 is 0 Å². The van der Waals surface area contributed by atoms with Gasteiger partial charge in [0.2, 0.25) is 0 Å². The lowest BCUT2D eigenvalue weighted by Gasteiger charge is -2.48. The van der Waals surface area contributed by atoms with E-state index in [0.717, 1.165) is 39.0 Å². The second kappa shape index (κ2) is 5.91. The summed E-state index contributed by atoms with van der Waals surface area (Å²) in [5, 5.41) is 10.3. The fourth-order valence-electron chi connectivity index (χ4n) is 4.26. The van der Waals surface area contributed by atoms with Crippen LogP contribution in [0.4, 0.5) is 0 Å². The van der Waals surface area contributed by atoms with E-state index in [1.165, 1.54) is 25.9 Å². The predicted octanol–water partition coefficient (Wildman–Crippen LogP) is 1.47. The number of rotatable bonds is 2. The van der Waals surface area contributed by atoms with Crippen LogP contribution < -0.4 is 0 Å². The average Bonchev–Trinajstić information content (AvgIpc) is 2.92. The predicted molar refractivity (Wildman–Crippen MR) is 79.8 cm³/mol. The van der Waals surface area contributed by atoms with Crippen LogP contribution in [-0.4, -0.2) is 71.5 Å². The van der Waals surface area contributed by atoms with E-state index in [1.54, 1.807) is 0 Å². The number of aliphatic hydroxyl groups is 1. The van der Waals surface area contributed by atoms with Gasteiger partial charge in [0.15, 0.2) is 0 Å². The molecule has 0 unspecified atom stereocenters. The molecule has 3 aliphatic heterocycles. The summed E-state index contributed by atoms with van der Waals surface area (Å²) < 4.78 is 5.97. The molecule has 4 heteroatoms. The Labute approximate surface area is 123 Å². The topological polar surface area (TPSA) is 35.9 Å². The molecule has 3 aliphatic rings. The van der Waals surface area contributed by atoms with E-state index in [0.29, 0.717) is 12.1 Å². The van der Waals surface area contributed by atoms with E-state index in [-0.39, 0.29) is 11.7 Å². The van der Waals surface area contributed by atoms with E-state index < -0.39 is 0 Å². The van der Waals surface area contributed by atoms with Crippen molar-refractivity contribution < 1.29 is 9.84 Å². The molecule has 0 aromatic rings. The Morgan fingerprint density at radius 3 is 2.50 bits per heavy atom. The van der Waals surface area contributed by atoms with Gasteiger partial charge in [-0.1, -0.05) is 0 Å². The first-order valence-corrected chi connectivity index (χ1v) is 8.41. The Hall–Kier alpha value is -0.160. The highest BCUT2D eigenvalue weighted by Gasteiger charge is 2.47. The van der Waals surface area contributed by atoms with Crippen LogP contribution in [0.5, 0.6) is 0 Å². The van der Waals surface area contributed by atoms with Crippen LogP contribution >= 0.6 is 0 Å². The van der Waals surface area contributed by atoms with Crippen molar-refractivity contribution in [1.82, 2.24) is 9.80 Å². The van der Waals surface area contributed by atoms with E-state index >= 15 is 0 Å². The van der Waals surface area contributed by atoms with Crippen LogP contribution in [0.15, 0.2) is 0 Å². The van der Waals surface area contributed by atoms with Crippen LogP contribution in [0.3, 0.4) is 0 Å². The third kappa shape index (κ3) is 2.76. The van der Waals surface area contributed by atoms with Crippen molar-refractivity contribution in [3.8, 4) is 0 Å². The highest BCUT2D eigenvalue weighted by Crippen LogP contribution is 2.36. The summed E-state index contributed by atoms with van der Waals surface area (Å²) in [4.78, 5) is 5.19. The van der Waals surface area contributed by atoms with Gasteiger partial charge in [-0.25, -0.2) is 0 Å². The van der Waals surface area contributed by atoms with Gasteiger partial charge in [-0.2, -0.15) is 0 Å². The maximum atomic E-state index is 10.3. The highest BCUT2D eigenvalue weighted by molar-refractivity contribution is 5.00. The molecule has 116 valence electrons. The van der Waals surface area contributed by atoms with Crippen LogP contribution in [0.2, 0.25) is 0 Å². The lowest BCUT2D eigenvalue weighted by molar-refractivity contribution is -0.140. The lowest BCUT2D eigenvalue weighted by atomic mass is 9.85. The minimum Gasteiger partial charge on any atom is -0.390 e. The lowest BCUT2D eigenvalue weighted by Crippen LogP contribution is -2.60. The van der Waals surface area contributed by atoms with Crippen LogP contribution in [0.25, 0.3) is 0 Å². The molecule has 3 fully saturated rings. The number of hydrogen-bond acceptors (Lipinski definition) is 4. The van der Waals surface area contributed by atoms with Crippen LogP contribution in [0, 0.1) is 0 Å². The Kier molecular flexibility index (Phi) is 4.37. The van der Waals surface area contributed by atoms with Crippen molar-refractivity contribution in [1.29, 1.82) is 0 Å². The Bertz CT molecular complexity index is 320. The number of likely N-dealkylation sites (tertiary alicyclic amines) is 2. The second-order valence-electron chi connectivity index (χ2n) is 7.15. The Morgan fingerprint density at radius 1 is 1.15 bits per heavy atom. The first-order valence-electron chi connectivity index (χ1n) is 8.41. The number of hydrogen-bond donors (Lipinski definition) is 1. The minimum absolute atomic E-state index is 0.243. The zero-order chi connectivity index (χ0) is 14.2. The van der Waals surface area contributed by atoms with Gasteiger partial charge in [0.05, 0.1) is 6.10 Å². The fourth-order valence-corrected chi connectivity index (χ4v) is 4.26. The molecule has 2 atom stereocenters. The van der Waals surface area contributed by atoms with Crippen molar-refractivity contribution in [3.05, 3.63) is 0 Å². The van der Waals surface area contributed by atoms with Crippen molar-refractivity contribution in [2.75, 3.05) is 32.8 Å². The molecule has 0 aliphatic carbocycles. The monoisotopic (exact) mass is 282 g/mol. The largest absolute Gasteiger partial charge is 0.390 e. The summed E-state index contributed by atoms with van der Waals surface area (Å²) in [5.41, 5.74) is -0.243. The van der Waals surface area contributed by atoms with Gasteiger partial charge in [-0.3, -0.25) is 4.90 Å². The summed E-state index contributed by atoms with van der Waals surface area (Å²) in [6, 6.07) is 1.36. The van der Waals surface area contributed by atoms with E-state index in [9.17, 15) is 5.11 Å². The smallest absolute Gasteiger partial charge is 0.107 e. The molecule has 3 rings (SSSR count). The van der Waals surface area contributed by atoms with Crippen molar-refractivity contribution in [3.63, 3.8) is 0 Å². The molecular weight excluding hydrogens is 252 g/mol. The molecule has 0 amide bonds. The standard InChI is InChI=1S/C16H30N2O2/c1-13(2)17-8-4-14(5-9-17)18-10-6-15(19)16(12-18)7-3-11-20-16/h13-15,19H,3-12H2,1-2H3/t15-,16-/m0/s1.